The van der Waals surface area contributed by atoms with Crippen LogP contribution < -0.4 is 0 Å². The number of ether oxygens (including phenoxy) is 1. The van der Waals surface area contributed by atoms with Crippen LogP contribution in [0.5, 0.6) is 0 Å². The summed E-state index contributed by atoms with van der Waals surface area (Å²) in [6, 6.07) is 10.7. The molecule has 1 saturated heterocycles. The van der Waals surface area contributed by atoms with E-state index in [1.54, 1.807) is 0 Å². The Morgan fingerprint density at radius 3 is 3.09 bits per heavy atom. The quantitative estimate of drug-likeness (QED) is 0.802. The molecule has 0 unspecified atom stereocenters. The maximum atomic E-state index is 6.04. The minimum Gasteiger partial charge on any atom is -0.371 e. The fourth-order valence-corrected chi connectivity index (χ4v) is 3.44. The minimum absolute atomic E-state index is 0.147. The van der Waals surface area contributed by atoms with Gasteiger partial charge < -0.3 is 9.72 Å². The third-order valence-corrected chi connectivity index (χ3v) is 4.46. The zero-order chi connectivity index (χ0) is 15.8. The Morgan fingerprint density at radius 1 is 1.30 bits per heavy atom. The summed E-state index contributed by atoms with van der Waals surface area (Å²) in [5.74, 6) is 1.45. The summed E-state index contributed by atoms with van der Waals surface area (Å²) in [5, 5.41) is 2.40. The van der Waals surface area contributed by atoms with Crippen molar-refractivity contribution in [2.24, 2.45) is 0 Å². The highest BCUT2D eigenvalue weighted by Gasteiger charge is 2.23. The molecule has 1 aliphatic rings. The van der Waals surface area contributed by atoms with E-state index in [2.05, 4.69) is 53.0 Å². The summed E-state index contributed by atoms with van der Waals surface area (Å²) in [6.07, 6.45) is 1.97. The van der Waals surface area contributed by atoms with Gasteiger partial charge in [-0.1, -0.05) is 19.9 Å². The number of H-pyrrole nitrogens is 1. The number of fused-ring (bicyclic) bond motifs is 3. The van der Waals surface area contributed by atoms with Crippen molar-refractivity contribution >= 4 is 21.9 Å². The van der Waals surface area contributed by atoms with Gasteiger partial charge in [0.25, 0.3) is 0 Å². The van der Waals surface area contributed by atoms with Crippen LogP contribution in [0.2, 0.25) is 0 Å². The van der Waals surface area contributed by atoms with Gasteiger partial charge in [-0.05, 0) is 35.7 Å². The van der Waals surface area contributed by atoms with Gasteiger partial charge in [-0.3, -0.25) is 4.90 Å². The molecule has 0 spiro atoms. The molecule has 4 nitrogen and oxygen atoms in total. The molecule has 1 radical (unpaired) electrons. The summed E-state index contributed by atoms with van der Waals surface area (Å²) in [5.41, 5.74) is 3.33. The van der Waals surface area contributed by atoms with Crippen LogP contribution in [0.4, 0.5) is 0 Å². The molecule has 1 aliphatic heterocycles. The van der Waals surface area contributed by atoms with Gasteiger partial charge >= 0.3 is 0 Å². The van der Waals surface area contributed by atoms with Crippen LogP contribution in [-0.2, 0) is 4.74 Å². The van der Waals surface area contributed by atoms with Crippen molar-refractivity contribution in [2.45, 2.75) is 20.0 Å². The first-order valence-corrected chi connectivity index (χ1v) is 8.20. The van der Waals surface area contributed by atoms with E-state index in [1.807, 2.05) is 12.3 Å². The van der Waals surface area contributed by atoms with Crippen LogP contribution in [-0.4, -0.2) is 41.1 Å². The zero-order valence-corrected chi connectivity index (χ0v) is 13.7. The van der Waals surface area contributed by atoms with E-state index < -0.39 is 0 Å². The van der Waals surface area contributed by atoms with Crippen LogP contribution in [0.15, 0.2) is 36.5 Å². The smallest absolute Gasteiger partial charge is 0.138 e. The number of aromatic amines is 1. The average molecular weight is 308 g/mol. The molecule has 1 aromatic carbocycles. The molecular weight excluding hydrogens is 286 g/mol. The number of hydrogen-bond donors (Lipinski definition) is 1. The summed E-state index contributed by atoms with van der Waals surface area (Å²) in [6.45, 7) is 8.20. The second kappa shape index (κ2) is 5.95. The van der Waals surface area contributed by atoms with Crippen LogP contribution in [0.1, 0.15) is 25.5 Å². The molecule has 0 saturated carbocycles. The first kappa shape index (κ1) is 14.7. The van der Waals surface area contributed by atoms with Gasteiger partial charge in [0.05, 0.1) is 12.7 Å². The van der Waals surface area contributed by atoms with E-state index in [9.17, 15) is 0 Å². The van der Waals surface area contributed by atoms with Gasteiger partial charge in [0.2, 0.25) is 0 Å². The predicted molar refractivity (Wildman–Crippen MR) is 93.3 cm³/mol. The van der Waals surface area contributed by atoms with E-state index in [0.717, 1.165) is 37.4 Å². The van der Waals surface area contributed by atoms with Crippen molar-refractivity contribution in [1.82, 2.24) is 14.9 Å². The highest BCUT2D eigenvalue weighted by atomic mass is 16.5. The lowest BCUT2D eigenvalue weighted by Crippen LogP contribution is -2.39. The van der Waals surface area contributed by atoms with Crippen molar-refractivity contribution < 1.29 is 4.74 Å². The predicted octanol–water partition coefficient (Wildman–Crippen LogP) is 3.70. The molecule has 4 rings (SSSR count). The standard InChI is InChI=1S/C19H22N3O/c1-13(2)11-22-8-9-23-18(12-22)14-5-6-17-16(10-14)15-4-3-7-20-19(15)21-17/h3-7,10,18H,8-9,11-12H2,1-2H3,(H,20,21)/t18-/m1/s1. The van der Waals surface area contributed by atoms with E-state index >= 15 is 0 Å². The van der Waals surface area contributed by atoms with Gasteiger partial charge in [0, 0.05) is 42.1 Å². The van der Waals surface area contributed by atoms with E-state index in [1.165, 1.54) is 22.3 Å². The lowest BCUT2D eigenvalue weighted by molar-refractivity contribution is -0.0282. The fraction of sp³-hybridized carbons (Fsp3) is 0.368. The van der Waals surface area contributed by atoms with E-state index in [-0.39, 0.29) is 6.10 Å². The molecule has 1 fully saturated rings. The Labute approximate surface area is 136 Å². The van der Waals surface area contributed by atoms with Gasteiger partial charge in [-0.15, -0.1) is 0 Å². The Morgan fingerprint density at radius 2 is 2.22 bits per heavy atom. The summed E-state index contributed by atoms with van der Waals surface area (Å²) in [7, 11) is 0. The lowest BCUT2D eigenvalue weighted by Gasteiger charge is -2.34. The van der Waals surface area contributed by atoms with Crippen LogP contribution >= 0.6 is 0 Å². The SMILES string of the molecule is C[C](C)CN1CCO[C@@H](c2ccc3[nH]c4ncccc4c3c2)C1. The molecule has 2 aromatic heterocycles. The molecule has 4 heteroatoms. The number of pyridine rings is 1. The van der Waals surface area contributed by atoms with Crippen molar-refractivity contribution in [1.29, 1.82) is 0 Å². The van der Waals surface area contributed by atoms with Gasteiger partial charge in [-0.2, -0.15) is 0 Å². The Bertz CT molecular complexity index is 824. The second-order valence-electron chi connectivity index (χ2n) is 6.63. The molecule has 119 valence electrons. The molecule has 0 amide bonds. The summed E-state index contributed by atoms with van der Waals surface area (Å²) >= 11 is 0. The topological polar surface area (TPSA) is 41.1 Å². The van der Waals surface area contributed by atoms with Crippen molar-refractivity contribution in [3.8, 4) is 0 Å². The van der Waals surface area contributed by atoms with Gasteiger partial charge in [0.15, 0.2) is 0 Å². The van der Waals surface area contributed by atoms with E-state index in [0.29, 0.717) is 0 Å². The third-order valence-electron chi connectivity index (χ3n) is 4.46. The number of benzene rings is 1. The second-order valence-corrected chi connectivity index (χ2v) is 6.63. The van der Waals surface area contributed by atoms with Gasteiger partial charge in [-0.25, -0.2) is 4.98 Å². The Kier molecular flexibility index (Phi) is 3.79. The van der Waals surface area contributed by atoms with Gasteiger partial charge in [0.1, 0.15) is 5.65 Å². The summed E-state index contributed by atoms with van der Waals surface area (Å²) in [4.78, 5) is 10.3. The molecule has 23 heavy (non-hydrogen) atoms. The normalized spacial score (nSPS) is 19.9. The van der Waals surface area contributed by atoms with Crippen LogP contribution in [0.3, 0.4) is 0 Å². The number of aromatic nitrogens is 2. The summed E-state index contributed by atoms with van der Waals surface area (Å²) < 4.78 is 6.04. The Balaban J connectivity index is 1.67. The number of nitrogens with zero attached hydrogens (tertiary/aromatic N) is 2. The van der Waals surface area contributed by atoms with Crippen LogP contribution in [0.25, 0.3) is 21.9 Å². The van der Waals surface area contributed by atoms with Crippen LogP contribution in [0, 0.1) is 5.92 Å². The molecule has 3 aromatic rings. The van der Waals surface area contributed by atoms with Crippen molar-refractivity contribution in [3.63, 3.8) is 0 Å². The van der Waals surface area contributed by atoms with Crippen molar-refractivity contribution in [3.05, 3.63) is 48.0 Å². The first-order valence-electron chi connectivity index (χ1n) is 8.20. The molecular formula is C19H22N3O. The maximum absolute atomic E-state index is 6.04. The van der Waals surface area contributed by atoms with E-state index in [4.69, 9.17) is 4.74 Å². The minimum atomic E-state index is 0.147. The number of hydrogen-bond acceptors (Lipinski definition) is 3. The number of nitrogens with one attached hydrogen (secondary N) is 1. The average Bonchev–Trinajstić information content (AvgIpc) is 2.92. The first-order chi connectivity index (χ1) is 11.2. The Hall–Kier alpha value is -1.91. The monoisotopic (exact) mass is 308 g/mol. The third kappa shape index (κ3) is 2.84. The molecule has 0 bridgehead atoms. The molecule has 1 N–H and O–H groups in total. The lowest BCUT2D eigenvalue weighted by atomic mass is 10.0. The number of rotatable bonds is 3. The largest absolute Gasteiger partial charge is 0.371 e. The molecule has 0 aliphatic carbocycles. The molecule has 3 heterocycles. The maximum Gasteiger partial charge on any atom is 0.138 e. The van der Waals surface area contributed by atoms with Crippen molar-refractivity contribution in [2.75, 3.05) is 26.2 Å². The highest BCUT2D eigenvalue weighted by Crippen LogP contribution is 2.29. The zero-order valence-electron chi connectivity index (χ0n) is 13.7. The fourth-order valence-electron chi connectivity index (χ4n) is 3.44. The molecule has 1 atom stereocenters. The highest BCUT2D eigenvalue weighted by molar-refractivity contribution is 6.05. The number of morpholine rings is 1.